The minimum atomic E-state index is -0.439. The van der Waals surface area contributed by atoms with Gasteiger partial charge in [0.2, 0.25) is 0 Å². The van der Waals surface area contributed by atoms with E-state index >= 15 is 0 Å². The van der Waals surface area contributed by atoms with E-state index in [1.54, 1.807) is 6.92 Å². The molecule has 0 spiro atoms. The highest BCUT2D eigenvalue weighted by Crippen LogP contribution is 2.21. The van der Waals surface area contributed by atoms with E-state index in [1.165, 1.54) is 0 Å². The molecule has 0 saturated heterocycles. The molecule has 0 aliphatic carbocycles. The maximum Gasteiger partial charge on any atom is 0.110 e. The highest BCUT2D eigenvalue weighted by molar-refractivity contribution is 6.31. The van der Waals surface area contributed by atoms with Gasteiger partial charge in [-0.2, -0.15) is 0 Å². The van der Waals surface area contributed by atoms with Gasteiger partial charge in [-0.15, -0.1) is 0 Å². The van der Waals surface area contributed by atoms with Crippen LogP contribution >= 0.6 is 11.6 Å². The number of rotatable bonds is 5. The molecule has 18 heavy (non-hydrogen) atoms. The molecule has 1 aromatic heterocycles. The van der Waals surface area contributed by atoms with E-state index in [9.17, 15) is 5.11 Å². The highest BCUT2D eigenvalue weighted by atomic mass is 35.5. The lowest BCUT2D eigenvalue weighted by Gasteiger charge is -2.10. The molecule has 5 heteroatoms. The number of fused-ring (bicyclic) bond motifs is 1. The molecule has 1 unspecified atom stereocenters. The summed E-state index contributed by atoms with van der Waals surface area (Å²) < 4.78 is 1.99. The first kappa shape index (κ1) is 13.3. The summed E-state index contributed by atoms with van der Waals surface area (Å²) in [7, 11) is 0. The zero-order valence-electron chi connectivity index (χ0n) is 10.3. The van der Waals surface area contributed by atoms with Crippen LogP contribution in [-0.2, 0) is 13.0 Å². The molecule has 2 rings (SSSR count). The average Bonchev–Trinajstić information content (AvgIpc) is 2.63. The lowest BCUT2D eigenvalue weighted by atomic mass is 10.3. The van der Waals surface area contributed by atoms with Gasteiger partial charge in [0, 0.05) is 18.1 Å². The van der Waals surface area contributed by atoms with Crippen LogP contribution in [0, 0.1) is 0 Å². The topological polar surface area (TPSA) is 58.3 Å². The second kappa shape index (κ2) is 5.69. The predicted molar refractivity (Wildman–Crippen MR) is 71.8 cm³/mol. The Labute approximate surface area is 111 Å². The van der Waals surface area contributed by atoms with Crippen molar-refractivity contribution in [2.45, 2.75) is 32.4 Å². The van der Waals surface area contributed by atoms with Gasteiger partial charge in [-0.3, -0.25) is 0 Å². The number of imidazole rings is 1. The Bertz CT molecular complexity index is 537. The van der Waals surface area contributed by atoms with Crippen molar-refractivity contribution in [3.8, 4) is 0 Å². The van der Waals surface area contributed by atoms with Crippen LogP contribution in [-0.4, -0.2) is 32.5 Å². The van der Waals surface area contributed by atoms with E-state index in [-0.39, 0.29) is 6.61 Å². The summed E-state index contributed by atoms with van der Waals surface area (Å²) in [6.07, 6.45) is 0.915. The normalized spacial score (nSPS) is 13.1. The molecule has 0 radical (unpaired) electrons. The summed E-state index contributed by atoms with van der Waals surface area (Å²) >= 11 is 5.95. The van der Waals surface area contributed by atoms with E-state index in [1.807, 2.05) is 22.8 Å². The van der Waals surface area contributed by atoms with Gasteiger partial charge in [-0.05, 0) is 31.5 Å². The van der Waals surface area contributed by atoms with Crippen molar-refractivity contribution >= 4 is 22.6 Å². The molecule has 0 saturated carbocycles. The summed E-state index contributed by atoms with van der Waals surface area (Å²) in [4.78, 5) is 4.52. The van der Waals surface area contributed by atoms with Gasteiger partial charge in [-0.1, -0.05) is 11.6 Å². The van der Waals surface area contributed by atoms with Gasteiger partial charge in [0.1, 0.15) is 5.82 Å². The van der Waals surface area contributed by atoms with Crippen molar-refractivity contribution in [3.05, 3.63) is 29.0 Å². The third-order valence-corrected chi connectivity index (χ3v) is 3.03. The van der Waals surface area contributed by atoms with Crippen molar-refractivity contribution in [1.29, 1.82) is 0 Å². The smallest absolute Gasteiger partial charge is 0.110 e. The van der Waals surface area contributed by atoms with Crippen LogP contribution in [0.15, 0.2) is 18.2 Å². The number of aryl methyl sites for hydroxylation is 1. The number of benzene rings is 1. The zero-order chi connectivity index (χ0) is 13.1. The Hall–Kier alpha value is -1.10. The number of aromatic nitrogens is 2. The van der Waals surface area contributed by atoms with E-state index in [2.05, 4.69) is 4.98 Å². The Morgan fingerprint density at radius 1 is 1.44 bits per heavy atom. The molecular formula is C13H17ClN2O2. The molecule has 1 aromatic carbocycles. The van der Waals surface area contributed by atoms with E-state index in [0.717, 1.165) is 16.9 Å². The largest absolute Gasteiger partial charge is 0.396 e. The van der Waals surface area contributed by atoms with E-state index < -0.39 is 6.10 Å². The highest BCUT2D eigenvalue weighted by Gasteiger charge is 2.12. The SMILES string of the molecule is CC(O)Cn1c(CCCO)nc2cc(Cl)ccc21. The van der Waals surface area contributed by atoms with Crippen LogP contribution in [0.5, 0.6) is 0 Å². The molecule has 2 aromatic rings. The molecule has 0 aliphatic heterocycles. The maximum absolute atomic E-state index is 9.56. The fraction of sp³-hybridized carbons (Fsp3) is 0.462. The van der Waals surface area contributed by atoms with Crippen molar-refractivity contribution in [3.63, 3.8) is 0 Å². The summed E-state index contributed by atoms with van der Waals surface area (Å²) in [5.74, 6) is 0.877. The van der Waals surface area contributed by atoms with Crippen LogP contribution in [0.4, 0.5) is 0 Å². The Morgan fingerprint density at radius 3 is 2.89 bits per heavy atom. The van der Waals surface area contributed by atoms with Crippen LogP contribution in [0.2, 0.25) is 5.02 Å². The van der Waals surface area contributed by atoms with Gasteiger partial charge in [0.05, 0.1) is 23.7 Å². The third kappa shape index (κ3) is 2.83. The van der Waals surface area contributed by atoms with Crippen LogP contribution in [0.25, 0.3) is 11.0 Å². The number of halogens is 1. The first-order valence-electron chi connectivity index (χ1n) is 6.05. The fourth-order valence-electron chi connectivity index (χ4n) is 2.05. The molecule has 98 valence electrons. The van der Waals surface area contributed by atoms with Crippen LogP contribution < -0.4 is 0 Å². The van der Waals surface area contributed by atoms with Gasteiger partial charge >= 0.3 is 0 Å². The zero-order valence-corrected chi connectivity index (χ0v) is 11.1. The number of aliphatic hydroxyl groups is 2. The predicted octanol–water partition coefficient (Wildman–Crippen LogP) is 2.00. The number of hydrogen-bond acceptors (Lipinski definition) is 3. The van der Waals surface area contributed by atoms with Gasteiger partial charge in [-0.25, -0.2) is 4.98 Å². The molecular weight excluding hydrogens is 252 g/mol. The van der Waals surface area contributed by atoms with Crippen molar-refractivity contribution < 1.29 is 10.2 Å². The van der Waals surface area contributed by atoms with E-state index in [0.29, 0.717) is 24.4 Å². The monoisotopic (exact) mass is 268 g/mol. The summed E-state index contributed by atoms with van der Waals surface area (Å²) in [6, 6.07) is 5.55. The second-order valence-electron chi connectivity index (χ2n) is 4.45. The van der Waals surface area contributed by atoms with Crippen molar-refractivity contribution in [1.82, 2.24) is 9.55 Å². The summed E-state index contributed by atoms with van der Waals surface area (Å²) in [5, 5.41) is 19.1. The molecule has 0 aliphatic rings. The molecule has 0 fully saturated rings. The number of aliphatic hydroxyl groups excluding tert-OH is 2. The van der Waals surface area contributed by atoms with Crippen LogP contribution in [0.1, 0.15) is 19.2 Å². The molecule has 1 atom stereocenters. The van der Waals surface area contributed by atoms with Crippen molar-refractivity contribution in [2.75, 3.05) is 6.61 Å². The minimum Gasteiger partial charge on any atom is -0.396 e. The standard InChI is InChI=1S/C13H17ClN2O2/c1-9(18)8-16-12-5-4-10(14)7-11(12)15-13(16)3-2-6-17/h4-5,7,9,17-18H,2-3,6,8H2,1H3. The molecule has 0 amide bonds. The lowest BCUT2D eigenvalue weighted by molar-refractivity contribution is 0.173. The van der Waals surface area contributed by atoms with Gasteiger partial charge in [0.25, 0.3) is 0 Å². The first-order chi connectivity index (χ1) is 8.61. The Balaban J connectivity index is 2.45. The fourth-order valence-corrected chi connectivity index (χ4v) is 2.22. The average molecular weight is 269 g/mol. The summed E-state index contributed by atoms with van der Waals surface area (Å²) in [6.45, 7) is 2.38. The first-order valence-corrected chi connectivity index (χ1v) is 6.43. The van der Waals surface area contributed by atoms with E-state index in [4.69, 9.17) is 16.7 Å². The van der Waals surface area contributed by atoms with Crippen molar-refractivity contribution in [2.24, 2.45) is 0 Å². The Kier molecular flexibility index (Phi) is 4.22. The molecule has 1 heterocycles. The lowest BCUT2D eigenvalue weighted by Crippen LogP contribution is -2.14. The molecule has 0 bridgehead atoms. The maximum atomic E-state index is 9.56. The van der Waals surface area contributed by atoms with Gasteiger partial charge < -0.3 is 14.8 Å². The number of hydrogen-bond donors (Lipinski definition) is 2. The quantitative estimate of drug-likeness (QED) is 0.872. The molecule has 2 N–H and O–H groups in total. The second-order valence-corrected chi connectivity index (χ2v) is 4.88. The molecule has 4 nitrogen and oxygen atoms in total. The minimum absolute atomic E-state index is 0.138. The Morgan fingerprint density at radius 2 is 2.22 bits per heavy atom. The summed E-state index contributed by atoms with van der Waals surface area (Å²) in [5.41, 5.74) is 1.80. The number of nitrogens with zero attached hydrogens (tertiary/aromatic N) is 2. The van der Waals surface area contributed by atoms with Crippen LogP contribution in [0.3, 0.4) is 0 Å². The third-order valence-electron chi connectivity index (χ3n) is 2.79. The van der Waals surface area contributed by atoms with Gasteiger partial charge in [0.15, 0.2) is 0 Å².